The lowest BCUT2D eigenvalue weighted by atomic mass is 10.2. The number of aromatic nitrogens is 1. The molecule has 1 aromatic heterocycles. The van der Waals surface area contributed by atoms with Crippen LogP contribution in [-0.4, -0.2) is 17.1 Å². The second-order valence-electron chi connectivity index (χ2n) is 3.63. The summed E-state index contributed by atoms with van der Waals surface area (Å²) in [6.07, 6.45) is 6.33. The van der Waals surface area contributed by atoms with Gasteiger partial charge >= 0.3 is 0 Å². The highest BCUT2D eigenvalue weighted by atomic mass is 32.2. The quantitative estimate of drug-likeness (QED) is 0.828. The van der Waals surface area contributed by atoms with Crippen molar-refractivity contribution >= 4 is 23.5 Å². The molecule has 0 saturated carbocycles. The number of amides is 1. The van der Waals surface area contributed by atoms with Crippen LogP contribution in [0.15, 0.2) is 18.3 Å². The van der Waals surface area contributed by atoms with E-state index < -0.39 is 0 Å². The molecule has 0 bridgehead atoms. The zero-order chi connectivity index (χ0) is 11.8. The molecular formula is C12H18N2OS. The number of pyridine rings is 1. The number of rotatable bonds is 6. The van der Waals surface area contributed by atoms with Gasteiger partial charge in [-0.2, -0.15) is 11.8 Å². The van der Waals surface area contributed by atoms with Crippen molar-refractivity contribution < 1.29 is 4.79 Å². The Hall–Kier alpha value is -1.03. The first-order valence-electron chi connectivity index (χ1n) is 5.50. The van der Waals surface area contributed by atoms with E-state index in [9.17, 15) is 4.79 Å². The van der Waals surface area contributed by atoms with Crippen molar-refractivity contribution in [2.24, 2.45) is 0 Å². The van der Waals surface area contributed by atoms with Gasteiger partial charge in [-0.3, -0.25) is 4.79 Å². The van der Waals surface area contributed by atoms with Crippen molar-refractivity contribution in [3.8, 4) is 0 Å². The minimum atomic E-state index is 0.0515. The first-order valence-corrected chi connectivity index (χ1v) is 6.89. The molecule has 0 spiro atoms. The molecule has 0 aliphatic carbocycles. The van der Waals surface area contributed by atoms with E-state index in [4.69, 9.17) is 0 Å². The smallest absolute Gasteiger partial charge is 0.225 e. The van der Waals surface area contributed by atoms with Gasteiger partial charge in [-0.25, -0.2) is 4.98 Å². The fourth-order valence-corrected chi connectivity index (χ4v) is 1.85. The van der Waals surface area contributed by atoms with Crippen LogP contribution in [0.3, 0.4) is 0 Å². The van der Waals surface area contributed by atoms with Gasteiger partial charge in [0.05, 0.1) is 0 Å². The van der Waals surface area contributed by atoms with Crippen LogP contribution in [0.1, 0.15) is 31.7 Å². The van der Waals surface area contributed by atoms with Crippen LogP contribution < -0.4 is 5.32 Å². The third kappa shape index (κ3) is 4.66. The van der Waals surface area contributed by atoms with Gasteiger partial charge in [0.15, 0.2) is 0 Å². The molecule has 1 N–H and O–H groups in total. The summed E-state index contributed by atoms with van der Waals surface area (Å²) in [4.78, 5) is 15.6. The first kappa shape index (κ1) is 13.0. The number of unbranched alkanes of at least 4 members (excludes halogenated alkanes) is 1. The summed E-state index contributed by atoms with van der Waals surface area (Å²) in [6.45, 7) is 2.07. The van der Waals surface area contributed by atoms with Gasteiger partial charge in [-0.05, 0) is 30.4 Å². The van der Waals surface area contributed by atoms with E-state index in [1.165, 1.54) is 5.56 Å². The van der Waals surface area contributed by atoms with Crippen LogP contribution in [-0.2, 0) is 10.5 Å². The van der Waals surface area contributed by atoms with Crippen molar-refractivity contribution in [1.82, 2.24) is 4.98 Å². The van der Waals surface area contributed by atoms with Crippen molar-refractivity contribution in [3.05, 3.63) is 23.9 Å². The van der Waals surface area contributed by atoms with Crippen LogP contribution in [0, 0.1) is 0 Å². The number of nitrogens with one attached hydrogen (secondary N) is 1. The number of carbonyl (C=O) groups is 1. The zero-order valence-corrected chi connectivity index (χ0v) is 10.6. The van der Waals surface area contributed by atoms with Crippen LogP contribution in [0.4, 0.5) is 5.82 Å². The molecule has 0 aromatic carbocycles. The highest BCUT2D eigenvalue weighted by molar-refractivity contribution is 7.97. The average Bonchev–Trinajstić information content (AvgIpc) is 2.27. The maximum Gasteiger partial charge on any atom is 0.225 e. The number of nitrogens with zero attached hydrogens (tertiary/aromatic N) is 1. The summed E-state index contributed by atoms with van der Waals surface area (Å²) >= 11 is 1.76. The maximum absolute atomic E-state index is 11.5. The predicted molar refractivity (Wildman–Crippen MR) is 69.6 cm³/mol. The normalized spacial score (nSPS) is 10.1. The second-order valence-corrected chi connectivity index (χ2v) is 4.50. The van der Waals surface area contributed by atoms with Crippen molar-refractivity contribution in [2.45, 2.75) is 31.9 Å². The Morgan fingerprint density at radius 1 is 1.56 bits per heavy atom. The Labute approximate surface area is 101 Å². The Morgan fingerprint density at radius 3 is 3.06 bits per heavy atom. The predicted octanol–water partition coefficient (Wildman–Crippen LogP) is 3.07. The molecule has 4 heteroatoms. The van der Waals surface area contributed by atoms with Gasteiger partial charge in [0, 0.05) is 18.4 Å². The summed E-state index contributed by atoms with van der Waals surface area (Å²) in [5, 5.41) is 2.82. The highest BCUT2D eigenvalue weighted by Gasteiger charge is 2.03. The maximum atomic E-state index is 11.5. The van der Waals surface area contributed by atoms with Gasteiger partial charge in [0.25, 0.3) is 0 Å². The van der Waals surface area contributed by atoms with Crippen LogP contribution in [0.5, 0.6) is 0 Å². The lowest BCUT2D eigenvalue weighted by molar-refractivity contribution is -0.116. The molecule has 88 valence electrons. The number of hydrogen-bond acceptors (Lipinski definition) is 3. The third-order valence-electron chi connectivity index (χ3n) is 2.16. The van der Waals surface area contributed by atoms with E-state index in [1.807, 2.05) is 12.1 Å². The summed E-state index contributed by atoms with van der Waals surface area (Å²) in [5.74, 6) is 1.66. The Morgan fingerprint density at radius 2 is 2.38 bits per heavy atom. The Bertz CT molecular complexity index is 342. The lowest BCUT2D eigenvalue weighted by Gasteiger charge is -2.05. The highest BCUT2D eigenvalue weighted by Crippen LogP contribution is 2.12. The van der Waals surface area contributed by atoms with Gasteiger partial charge < -0.3 is 5.32 Å². The van der Waals surface area contributed by atoms with Crippen LogP contribution >= 0.6 is 11.8 Å². The molecule has 0 fully saturated rings. The number of thioether (sulfide) groups is 1. The number of carbonyl (C=O) groups excluding carboxylic acids is 1. The number of anilines is 1. The van der Waals surface area contributed by atoms with E-state index in [0.717, 1.165) is 18.6 Å². The van der Waals surface area contributed by atoms with Gasteiger partial charge in [-0.15, -0.1) is 0 Å². The van der Waals surface area contributed by atoms with E-state index in [1.54, 1.807) is 18.0 Å². The summed E-state index contributed by atoms with van der Waals surface area (Å²) < 4.78 is 0. The SMILES string of the molecule is CCCCC(=O)Nc1cc(CSC)ccn1. The molecule has 16 heavy (non-hydrogen) atoms. The summed E-state index contributed by atoms with van der Waals surface area (Å²) in [5.41, 5.74) is 1.19. The minimum absolute atomic E-state index is 0.0515. The van der Waals surface area contributed by atoms with Crippen molar-refractivity contribution in [3.63, 3.8) is 0 Å². The number of hydrogen-bond donors (Lipinski definition) is 1. The Balaban J connectivity index is 2.52. The molecular weight excluding hydrogens is 220 g/mol. The minimum Gasteiger partial charge on any atom is -0.311 e. The second kappa shape index (κ2) is 7.28. The molecule has 1 aromatic rings. The van der Waals surface area contributed by atoms with Gasteiger partial charge in [0.1, 0.15) is 5.82 Å². The summed E-state index contributed by atoms with van der Waals surface area (Å²) in [7, 11) is 0. The van der Waals surface area contributed by atoms with E-state index in [2.05, 4.69) is 23.5 Å². The van der Waals surface area contributed by atoms with Crippen LogP contribution in [0.25, 0.3) is 0 Å². The molecule has 0 radical (unpaired) electrons. The molecule has 1 heterocycles. The van der Waals surface area contributed by atoms with E-state index in [0.29, 0.717) is 12.2 Å². The van der Waals surface area contributed by atoms with Crippen LogP contribution in [0.2, 0.25) is 0 Å². The molecule has 0 unspecified atom stereocenters. The largest absolute Gasteiger partial charge is 0.311 e. The fourth-order valence-electron chi connectivity index (χ4n) is 1.34. The topological polar surface area (TPSA) is 42.0 Å². The molecule has 0 aliphatic rings. The molecule has 0 saturated heterocycles. The monoisotopic (exact) mass is 238 g/mol. The molecule has 1 rings (SSSR count). The average molecular weight is 238 g/mol. The van der Waals surface area contributed by atoms with Crippen molar-refractivity contribution in [1.29, 1.82) is 0 Å². The molecule has 0 atom stereocenters. The van der Waals surface area contributed by atoms with Crippen molar-refractivity contribution in [2.75, 3.05) is 11.6 Å². The standard InChI is InChI=1S/C12H18N2OS/c1-3-4-5-12(15)14-11-8-10(9-16-2)6-7-13-11/h6-8H,3-5,9H2,1-2H3,(H,13,14,15). The Kier molecular flexibility index (Phi) is 5.93. The zero-order valence-electron chi connectivity index (χ0n) is 9.82. The molecule has 3 nitrogen and oxygen atoms in total. The van der Waals surface area contributed by atoms with Gasteiger partial charge in [0.2, 0.25) is 5.91 Å². The first-order chi connectivity index (χ1) is 7.76. The van der Waals surface area contributed by atoms with Gasteiger partial charge in [-0.1, -0.05) is 13.3 Å². The summed E-state index contributed by atoms with van der Waals surface area (Å²) in [6, 6.07) is 3.90. The lowest BCUT2D eigenvalue weighted by Crippen LogP contribution is -2.12. The molecule has 0 aliphatic heterocycles. The fraction of sp³-hybridized carbons (Fsp3) is 0.500. The van der Waals surface area contributed by atoms with E-state index in [-0.39, 0.29) is 5.91 Å². The van der Waals surface area contributed by atoms with E-state index >= 15 is 0 Å². The third-order valence-corrected chi connectivity index (χ3v) is 2.78. The molecule has 1 amide bonds.